The summed E-state index contributed by atoms with van der Waals surface area (Å²) in [5, 5.41) is 3.46. The van der Waals surface area contributed by atoms with Crippen molar-refractivity contribution in [2.45, 2.75) is 44.7 Å². The monoisotopic (exact) mass is 170 g/mol. The van der Waals surface area contributed by atoms with E-state index >= 15 is 0 Å². The molecule has 12 heavy (non-hydrogen) atoms. The fourth-order valence-electron chi connectivity index (χ4n) is 1.75. The molecule has 1 N–H and O–H groups in total. The van der Waals surface area contributed by atoms with Crippen LogP contribution in [0, 0.1) is 0 Å². The third kappa shape index (κ3) is 1.99. The molecule has 0 aliphatic heterocycles. The maximum atomic E-state index is 3.46. The molecule has 1 fully saturated rings. The highest BCUT2D eigenvalue weighted by molar-refractivity contribution is 4.97. The predicted octanol–water partition coefficient (Wildman–Crippen LogP) is 1.47. The van der Waals surface area contributed by atoms with Crippen LogP contribution in [0.5, 0.6) is 0 Å². The van der Waals surface area contributed by atoms with E-state index in [1.807, 2.05) is 0 Å². The summed E-state index contributed by atoms with van der Waals surface area (Å²) >= 11 is 0. The Labute approximate surface area is 76.3 Å². The Morgan fingerprint density at radius 1 is 1.42 bits per heavy atom. The van der Waals surface area contributed by atoms with Gasteiger partial charge in [-0.1, -0.05) is 0 Å². The van der Waals surface area contributed by atoms with E-state index < -0.39 is 0 Å². The van der Waals surface area contributed by atoms with Crippen LogP contribution in [0.2, 0.25) is 0 Å². The summed E-state index contributed by atoms with van der Waals surface area (Å²) in [5.41, 5.74) is 0.443. The second kappa shape index (κ2) is 3.75. The second-order valence-electron chi connectivity index (χ2n) is 4.39. The van der Waals surface area contributed by atoms with Crippen molar-refractivity contribution in [3.63, 3.8) is 0 Å². The number of nitrogens with zero attached hydrogens (tertiary/aromatic N) is 1. The standard InChI is InChI=1S/C10H22N2/c1-9(2)12(4)8-10(11-3)6-5-7-10/h9,11H,5-8H2,1-4H3. The maximum absolute atomic E-state index is 3.46. The Balaban J connectivity index is 2.37. The van der Waals surface area contributed by atoms with Gasteiger partial charge in [0.15, 0.2) is 0 Å². The third-order valence-corrected chi connectivity index (χ3v) is 3.27. The first-order valence-corrected chi connectivity index (χ1v) is 4.99. The number of hydrogen-bond acceptors (Lipinski definition) is 2. The molecule has 0 aromatic rings. The lowest BCUT2D eigenvalue weighted by molar-refractivity contribution is 0.115. The molecule has 0 bridgehead atoms. The van der Waals surface area contributed by atoms with Crippen molar-refractivity contribution in [3.8, 4) is 0 Å². The smallest absolute Gasteiger partial charge is 0.0306 e. The maximum Gasteiger partial charge on any atom is 0.0306 e. The van der Waals surface area contributed by atoms with Gasteiger partial charge in [-0.05, 0) is 47.2 Å². The molecule has 0 atom stereocenters. The van der Waals surface area contributed by atoms with E-state index in [9.17, 15) is 0 Å². The van der Waals surface area contributed by atoms with Gasteiger partial charge in [0.25, 0.3) is 0 Å². The molecule has 0 amide bonds. The van der Waals surface area contributed by atoms with E-state index in [1.165, 1.54) is 25.8 Å². The molecule has 2 nitrogen and oxygen atoms in total. The van der Waals surface area contributed by atoms with Gasteiger partial charge in [-0.25, -0.2) is 0 Å². The Hall–Kier alpha value is -0.0800. The van der Waals surface area contributed by atoms with Crippen molar-refractivity contribution in [2.75, 3.05) is 20.6 Å². The van der Waals surface area contributed by atoms with Crippen molar-refractivity contribution >= 4 is 0 Å². The van der Waals surface area contributed by atoms with Crippen molar-refractivity contribution in [3.05, 3.63) is 0 Å². The van der Waals surface area contributed by atoms with Gasteiger partial charge < -0.3 is 10.2 Å². The minimum atomic E-state index is 0.443. The van der Waals surface area contributed by atoms with Gasteiger partial charge in [0, 0.05) is 18.1 Å². The normalized spacial score (nSPS) is 21.5. The Morgan fingerprint density at radius 3 is 2.25 bits per heavy atom. The molecule has 0 unspecified atom stereocenters. The second-order valence-corrected chi connectivity index (χ2v) is 4.39. The van der Waals surface area contributed by atoms with Gasteiger partial charge in [-0.2, -0.15) is 0 Å². The van der Waals surface area contributed by atoms with Crippen LogP contribution in [0.25, 0.3) is 0 Å². The first kappa shape index (κ1) is 10.0. The molecule has 0 heterocycles. The lowest BCUT2D eigenvalue weighted by Crippen LogP contribution is -2.57. The van der Waals surface area contributed by atoms with Crippen LogP contribution in [-0.2, 0) is 0 Å². The van der Waals surface area contributed by atoms with E-state index in [1.54, 1.807) is 0 Å². The lowest BCUT2D eigenvalue weighted by Gasteiger charge is -2.45. The van der Waals surface area contributed by atoms with Gasteiger partial charge in [-0.15, -0.1) is 0 Å². The van der Waals surface area contributed by atoms with Gasteiger partial charge in [0.1, 0.15) is 0 Å². The summed E-state index contributed by atoms with van der Waals surface area (Å²) < 4.78 is 0. The minimum absolute atomic E-state index is 0.443. The molecule has 0 spiro atoms. The molecule has 0 aromatic carbocycles. The summed E-state index contributed by atoms with van der Waals surface area (Å²) in [6.45, 7) is 5.70. The van der Waals surface area contributed by atoms with E-state index in [0.29, 0.717) is 11.6 Å². The highest BCUT2D eigenvalue weighted by Crippen LogP contribution is 2.32. The van der Waals surface area contributed by atoms with E-state index in [2.05, 4.69) is 38.2 Å². The fraction of sp³-hybridized carbons (Fsp3) is 1.00. The first-order chi connectivity index (χ1) is 5.59. The quantitative estimate of drug-likeness (QED) is 0.687. The third-order valence-electron chi connectivity index (χ3n) is 3.27. The van der Waals surface area contributed by atoms with Gasteiger partial charge in [0.2, 0.25) is 0 Å². The van der Waals surface area contributed by atoms with Crippen molar-refractivity contribution in [2.24, 2.45) is 0 Å². The molecule has 0 saturated heterocycles. The zero-order valence-electron chi connectivity index (χ0n) is 8.85. The minimum Gasteiger partial charge on any atom is -0.313 e. The highest BCUT2D eigenvalue weighted by atomic mass is 15.2. The number of rotatable bonds is 4. The van der Waals surface area contributed by atoms with Gasteiger partial charge >= 0.3 is 0 Å². The Morgan fingerprint density at radius 2 is 2.00 bits per heavy atom. The number of hydrogen-bond donors (Lipinski definition) is 1. The first-order valence-electron chi connectivity index (χ1n) is 4.99. The fourth-order valence-corrected chi connectivity index (χ4v) is 1.75. The summed E-state index contributed by atoms with van der Waals surface area (Å²) in [7, 11) is 4.30. The van der Waals surface area contributed by atoms with Gasteiger partial charge in [-0.3, -0.25) is 0 Å². The van der Waals surface area contributed by atoms with Crippen LogP contribution in [0.1, 0.15) is 33.1 Å². The predicted molar refractivity (Wildman–Crippen MR) is 53.4 cm³/mol. The topological polar surface area (TPSA) is 15.3 Å². The molecule has 0 aromatic heterocycles. The molecule has 0 radical (unpaired) electrons. The molecule has 1 rings (SSSR count). The van der Waals surface area contributed by atoms with Crippen molar-refractivity contribution < 1.29 is 0 Å². The van der Waals surface area contributed by atoms with Crippen LogP contribution >= 0.6 is 0 Å². The molecule has 2 heteroatoms. The largest absolute Gasteiger partial charge is 0.313 e. The molecular weight excluding hydrogens is 148 g/mol. The van der Waals surface area contributed by atoms with Crippen molar-refractivity contribution in [1.29, 1.82) is 0 Å². The zero-order valence-corrected chi connectivity index (χ0v) is 8.85. The molecule has 1 aliphatic carbocycles. The SMILES string of the molecule is CNC1(CN(C)C(C)C)CCC1. The number of likely N-dealkylation sites (N-methyl/N-ethyl adjacent to an activating group) is 2. The average molecular weight is 170 g/mol. The molecule has 1 saturated carbocycles. The number of nitrogens with one attached hydrogen (secondary N) is 1. The average Bonchev–Trinajstić information content (AvgIpc) is 1.96. The van der Waals surface area contributed by atoms with Crippen LogP contribution < -0.4 is 5.32 Å². The van der Waals surface area contributed by atoms with E-state index in [4.69, 9.17) is 0 Å². The van der Waals surface area contributed by atoms with Crippen LogP contribution in [0.4, 0.5) is 0 Å². The summed E-state index contributed by atoms with van der Waals surface area (Å²) in [6.07, 6.45) is 4.09. The molecule has 1 aliphatic rings. The van der Waals surface area contributed by atoms with Gasteiger partial charge in [0.05, 0.1) is 0 Å². The summed E-state index contributed by atoms with van der Waals surface area (Å²) in [5.74, 6) is 0. The van der Waals surface area contributed by atoms with Crippen molar-refractivity contribution in [1.82, 2.24) is 10.2 Å². The molecular formula is C10H22N2. The summed E-state index contributed by atoms with van der Waals surface area (Å²) in [4.78, 5) is 2.43. The summed E-state index contributed by atoms with van der Waals surface area (Å²) in [6, 6.07) is 0.663. The highest BCUT2D eigenvalue weighted by Gasteiger charge is 2.36. The van der Waals surface area contributed by atoms with E-state index in [-0.39, 0.29) is 0 Å². The van der Waals surface area contributed by atoms with Crippen LogP contribution in [0.15, 0.2) is 0 Å². The Bertz CT molecular complexity index is 133. The van der Waals surface area contributed by atoms with Crippen LogP contribution in [-0.4, -0.2) is 37.1 Å². The molecule has 72 valence electrons. The van der Waals surface area contributed by atoms with Crippen LogP contribution in [0.3, 0.4) is 0 Å². The lowest BCUT2D eigenvalue weighted by atomic mass is 9.76. The Kier molecular flexibility index (Phi) is 3.13. The zero-order chi connectivity index (χ0) is 9.19. The van der Waals surface area contributed by atoms with E-state index in [0.717, 1.165) is 0 Å².